The van der Waals surface area contributed by atoms with Gasteiger partial charge in [0.15, 0.2) is 0 Å². The third-order valence-electron chi connectivity index (χ3n) is 2.52. The van der Waals surface area contributed by atoms with E-state index in [1.807, 2.05) is 19.9 Å². The van der Waals surface area contributed by atoms with E-state index >= 15 is 0 Å². The summed E-state index contributed by atoms with van der Waals surface area (Å²) in [6, 6.07) is 1.91. The lowest BCUT2D eigenvalue weighted by Crippen LogP contribution is -2.17. The van der Waals surface area contributed by atoms with Gasteiger partial charge in [-0.2, -0.15) is 13.2 Å². The van der Waals surface area contributed by atoms with E-state index in [0.717, 1.165) is 15.9 Å². The van der Waals surface area contributed by atoms with Crippen molar-refractivity contribution >= 4 is 21.6 Å². The summed E-state index contributed by atoms with van der Waals surface area (Å²) in [4.78, 5) is 4.13. The second-order valence-corrected chi connectivity index (χ2v) is 5.14. The molecule has 18 heavy (non-hydrogen) atoms. The predicted molar refractivity (Wildman–Crippen MR) is 69.7 cm³/mol. The Morgan fingerprint density at radius 3 is 2.67 bits per heavy atom. The summed E-state index contributed by atoms with van der Waals surface area (Å²) in [7, 11) is 0. The van der Waals surface area contributed by atoms with Crippen molar-refractivity contribution < 1.29 is 13.2 Å². The molecule has 2 nitrogen and oxygen atoms in total. The first kappa shape index (κ1) is 15.3. The molecule has 6 heteroatoms. The Kier molecular flexibility index (Phi) is 5.44. The zero-order chi connectivity index (χ0) is 13.8. The lowest BCUT2D eigenvalue weighted by Gasteiger charge is -2.16. The fourth-order valence-electron chi connectivity index (χ4n) is 1.60. The monoisotopic (exact) mass is 324 g/mol. The van der Waals surface area contributed by atoms with Crippen molar-refractivity contribution in [1.82, 2.24) is 4.98 Å². The lowest BCUT2D eigenvalue weighted by molar-refractivity contribution is -0.135. The topological polar surface area (TPSA) is 24.9 Å². The van der Waals surface area contributed by atoms with Gasteiger partial charge in [-0.05, 0) is 54.2 Å². The van der Waals surface area contributed by atoms with Gasteiger partial charge in [-0.25, -0.2) is 4.98 Å². The maximum Gasteiger partial charge on any atom is 0.389 e. The van der Waals surface area contributed by atoms with E-state index < -0.39 is 12.6 Å². The fraction of sp³-hybridized carbons (Fsp3) is 0.583. The summed E-state index contributed by atoms with van der Waals surface area (Å²) in [6.45, 7) is 3.78. The summed E-state index contributed by atoms with van der Waals surface area (Å²) >= 11 is 3.30. The van der Waals surface area contributed by atoms with Crippen LogP contribution in [0.3, 0.4) is 0 Å². The maximum absolute atomic E-state index is 12.0. The first-order valence-electron chi connectivity index (χ1n) is 5.73. The molecule has 1 unspecified atom stereocenters. The Hall–Kier alpha value is -0.780. The average molecular weight is 325 g/mol. The smallest absolute Gasteiger partial charge is 0.381 e. The van der Waals surface area contributed by atoms with Gasteiger partial charge >= 0.3 is 6.18 Å². The zero-order valence-electron chi connectivity index (χ0n) is 10.3. The van der Waals surface area contributed by atoms with Crippen LogP contribution in [-0.4, -0.2) is 17.2 Å². The summed E-state index contributed by atoms with van der Waals surface area (Å²) in [6.07, 6.45) is -2.50. The first-order valence-corrected chi connectivity index (χ1v) is 6.52. The number of alkyl halides is 3. The van der Waals surface area contributed by atoms with Crippen LogP contribution in [0.15, 0.2) is 16.9 Å². The van der Waals surface area contributed by atoms with Gasteiger partial charge < -0.3 is 5.32 Å². The van der Waals surface area contributed by atoms with Crippen LogP contribution in [0.1, 0.15) is 31.7 Å². The van der Waals surface area contributed by atoms with Crippen LogP contribution in [0.5, 0.6) is 0 Å². The van der Waals surface area contributed by atoms with Crippen LogP contribution in [0, 0.1) is 6.92 Å². The van der Waals surface area contributed by atoms with Crippen molar-refractivity contribution in [2.45, 2.75) is 45.3 Å². The third-order valence-corrected chi connectivity index (χ3v) is 3.36. The van der Waals surface area contributed by atoms with Crippen molar-refractivity contribution in [2.75, 3.05) is 5.32 Å². The summed E-state index contributed by atoms with van der Waals surface area (Å²) < 4.78 is 36.8. The number of hydrogen-bond donors (Lipinski definition) is 1. The molecule has 1 rings (SSSR count). The molecule has 1 atom stereocenters. The second kappa shape index (κ2) is 6.41. The second-order valence-electron chi connectivity index (χ2n) is 4.38. The van der Waals surface area contributed by atoms with Gasteiger partial charge in [0.1, 0.15) is 4.60 Å². The highest BCUT2D eigenvalue weighted by Gasteiger charge is 2.26. The molecule has 1 aromatic rings. The van der Waals surface area contributed by atoms with Crippen LogP contribution in [0.25, 0.3) is 0 Å². The van der Waals surface area contributed by atoms with Crippen molar-refractivity contribution in [2.24, 2.45) is 0 Å². The molecule has 102 valence electrons. The van der Waals surface area contributed by atoms with Crippen molar-refractivity contribution in [3.8, 4) is 0 Å². The fourth-order valence-corrected chi connectivity index (χ4v) is 1.82. The molecule has 0 amide bonds. The largest absolute Gasteiger partial charge is 0.389 e. The molecule has 0 aliphatic heterocycles. The number of anilines is 1. The normalized spacial score (nSPS) is 13.4. The minimum absolute atomic E-state index is 0.00488. The number of pyridine rings is 1. The minimum Gasteiger partial charge on any atom is -0.381 e. The lowest BCUT2D eigenvalue weighted by atomic mass is 10.1. The van der Waals surface area contributed by atoms with Gasteiger partial charge in [-0.3, -0.25) is 0 Å². The van der Waals surface area contributed by atoms with Gasteiger partial charge in [0.2, 0.25) is 0 Å². The summed E-state index contributed by atoms with van der Waals surface area (Å²) in [5, 5.41) is 3.15. The predicted octanol–water partition coefficient (Wildman–Crippen LogP) is 4.69. The van der Waals surface area contributed by atoms with Crippen molar-refractivity contribution in [3.63, 3.8) is 0 Å². The van der Waals surface area contributed by atoms with Crippen LogP contribution >= 0.6 is 15.9 Å². The molecule has 0 aliphatic rings. The van der Waals surface area contributed by atoms with E-state index in [1.54, 1.807) is 6.20 Å². The molecule has 1 heterocycles. The number of halogens is 4. The quantitative estimate of drug-likeness (QED) is 0.795. The number of nitrogens with one attached hydrogen (secondary N) is 1. The molecular formula is C12H16BrF3N2. The first-order chi connectivity index (χ1) is 8.28. The maximum atomic E-state index is 12.0. The van der Waals surface area contributed by atoms with Crippen molar-refractivity contribution in [3.05, 3.63) is 22.4 Å². The molecular weight excluding hydrogens is 309 g/mol. The number of rotatable bonds is 5. The number of hydrogen-bond acceptors (Lipinski definition) is 2. The van der Waals surface area contributed by atoms with Crippen molar-refractivity contribution in [1.29, 1.82) is 0 Å². The standard InChI is InChI=1S/C12H16BrF3N2/c1-8-6-10(7-17-11(8)13)18-9(2)4-3-5-12(14,15)16/h6-7,9,18H,3-5H2,1-2H3. The van der Waals surface area contributed by atoms with Gasteiger partial charge in [0.05, 0.1) is 11.9 Å². The van der Waals surface area contributed by atoms with Crippen LogP contribution in [0.2, 0.25) is 0 Å². The highest BCUT2D eigenvalue weighted by atomic mass is 79.9. The average Bonchev–Trinajstić information content (AvgIpc) is 2.21. The Labute approximate surface area is 113 Å². The number of nitrogens with zero attached hydrogens (tertiary/aromatic N) is 1. The molecule has 0 aromatic carbocycles. The third kappa shape index (κ3) is 5.71. The van der Waals surface area contributed by atoms with E-state index in [1.165, 1.54) is 0 Å². The summed E-state index contributed by atoms with van der Waals surface area (Å²) in [5.74, 6) is 0. The molecule has 1 N–H and O–H groups in total. The number of aromatic nitrogens is 1. The zero-order valence-corrected chi connectivity index (χ0v) is 11.9. The van der Waals surface area contributed by atoms with Gasteiger partial charge in [-0.15, -0.1) is 0 Å². The van der Waals surface area contributed by atoms with E-state index in [4.69, 9.17) is 0 Å². The molecule has 0 bridgehead atoms. The van der Waals surface area contributed by atoms with E-state index in [0.29, 0.717) is 6.42 Å². The van der Waals surface area contributed by atoms with Gasteiger partial charge in [0, 0.05) is 12.5 Å². The molecule has 0 fully saturated rings. The molecule has 0 saturated carbocycles. The Morgan fingerprint density at radius 1 is 1.44 bits per heavy atom. The Bertz CT molecular complexity index is 393. The van der Waals surface area contributed by atoms with E-state index in [9.17, 15) is 13.2 Å². The highest BCUT2D eigenvalue weighted by molar-refractivity contribution is 9.10. The van der Waals surface area contributed by atoms with Crippen LogP contribution in [0.4, 0.5) is 18.9 Å². The van der Waals surface area contributed by atoms with E-state index in [-0.39, 0.29) is 12.5 Å². The molecule has 0 radical (unpaired) electrons. The van der Waals surface area contributed by atoms with Crippen LogP contribution < -0.4 is 5.32 Å². The summed E-state index contributed by atoms with van der Waals surface area (Å²) in [5.41, 5.74) is 1.82. The molecule has 0 saturated heterocycles. The van der Waals surface area contributed by atoms with E-state index in [2.05, 4.69) is 26.2 Å². The number of aryl methyl sites for hydroxylation is 1. The molecule has 1 aromatic heterocycles. The Morgan fingerprint density at radius 2 is 2.11 bits per heavy atom. The molecule has 0 spiro atoms. The van der Waals surface area contributed by atoms with Gasteiger partial charge in [-0.1, -0.05) is 0 Å². The van der Waals surface area contributed by atoms with Crippen LogP contribution in [-0.2, 0) is 0 Å². The minimum atomic E-state index is -4.06. The van der Waals surface area contributed by atoms with Gasteiger partial charge in [0.25, 0.3) is 0 Å². The molecule has 0 aliphatic carbocycles. The SMILES string of the molecule is Cc1cc(NC(C)CCCC(F)(F)F)cnc1Br. The Balaban J connectivity index is 2.40. The highest BCUT2D eigenvalue weighted by Crippen LogP contribution is 2.23.